The van der Waals surface area contributed by atoms with Gasteiger partial charge in [-0.15, -0.1) is 11.3 Å². The third kappa shape index (κ3) is 3.74. The minimum atomic E-state index is 0.558. The second-order valence-electron chi connectivity index (χ2n) is 3.36. The first kappa shape index (κ1) is 11.6. The second-order valence-corrected chi connectivity index (χ2v) is 4.30. The highest BCUT2D eigenvalue weighted by Crippen LogP contribution is 2.10. The van der Waals surface area contributed by atoms with Crippen LogP contribution >= 0.6 is 11.3 Å². The molecule has 1 N–H and O–H groups in total. The third-order valence-electron chi connectivity index (χ3n) is 2.11. The second kappa shape index (κ2) is 6.11. The third-order valence-corrected chi connectivity index (χ3v) is 2.98. The van der Waals surface area contributed by atoms with E-state index in [1.54, 1.807) is 18.4 Å². The van der Waals surface area contributed by atoms with Crippen LogP contribution < -0.4 is 5.32 Å². The van der Waals surface area contributed by atoms with Gasteiger partial charge in [0.15, 0.2) is 0 Å². The summed E-state index contributed by atoms with van der Waals surface area (Å²) >= 11 is 1.66. The first-order valence-corrected chi connectivity index (χ1v) is 5.79. The molecule has 1 aromatic rings. The molecular formula is C10H18N2OS. The summed E-state index contributed by atoms with van der Waals surface area (Å²) in [5.74, 6) is 0. The maximum atomic E-state index is 5.02. The Hall–Kier alpha value is -0.450. The van der Waals surface area contributed by atoms with E-state index in [0.29, 0.717) is 12.6 Å². The zero-order valence-electron chi connectivity index (χ0n) is 9.04. The van der Waals surface area contributed by atoms with Crippen molar-refractivity contribution in [2.45, 2.75) is 39.5 Å². The average molecular weight is 214 g/mol. The molecular weight excluding hydrogens is 196 g/mol. The molecule has 0 saturated carbocycles. The Morgan fingerprint density at radius 1 is 1.64 bits per heavy atom. The number of rotatable bonds is 6. The van der Waals surface area contributed by atoms with E-state index in [9.17, 15) is 0 Å². The van der Waals surface area contributed by atoms with Gasteiger partial charge in [-0.1, -0.05) is 6.92 Å². The van der Waals surface area contributed by atoms with E-state index in [2.05, 4.69) is 29.5 Å². The van der Waals surface area contributed by atoms with Crippen LogP contribution in [0.4, 0.5) is 0 Å². The SMILES string of the molecule is CCC(C)NCc1csc(COC)n1. The molecule has 0 radical (unpaired) electrons. The van der Waals surface area contributed by atoms with E-state index < -0.39 is 0 Å². The molecule has 1 rings (SSSR count). The summed E-state index contributed by atoms with van der Waals surface area (Å²) in [6.45, 7) is 5.83. The summed E-state index contributed by atoms with van der Waals surface area (Å²) < 4.78 is 5.02. The fraction of sp³-hybridized carbons (Fsp3) is 0.700. The molecule has 0 aromatic carbocycles. The van der Waals surface area contributed by atoms with Gasteiger partial charge in [0.2, 0.25) is 0 Å². The van der Waals surface area contributed by atoms with Crippen LogP contribution in [-0.4, -0.2) is 18.1 Å². The van der Waals surface area contributed by atoms with E-state index >= 15 is 0 Å². The zero-order chi connectivity index (χ0) is 10.4. The average Bonchev–Trinajstić information content (AvgIpc) is 2.63. The van der Waals surface area contributed by atoms with Crippen LogP contribution in [0, 0.1) is 0 Å². The molecule has 3 nitrogen and oxygen atoms in total. The number of thiazole rings is 1. The van der Waals surface area contributed by atoms with Crippen molar-refractivity contribution in [3.63, 3.8) is 0 Å². The lowest BCUT2D eigenvalue weighted by molar-refractivity contribution is 0.184. The Balaban J connectivity index is 2.35. The van der Waals surface area contributed by atoms with E-state index in [0.717, 1.165) is 23.7 Å². The van der Waals surface area contributed by atoms with Crippen LogP contribution in [-0.2, 0) is 17.9 Å². The van der Waals surface area contributed by atoms with Gasteiger partial charge in [0.1, 0.15) is 5.01 Å². The van der Waals surface area contributed by atoms with Crippen molar-refractivity contribution in [1.29, 1.82) is 0 Å². The summed E-state index contributed by atoms with van der Waals surface area (Å²) in [5, 5.41) is 6.54. The topological polar surface area (TPSA) is 34.1 Å². The van der Waals surface area contributed by atoms with Crippen LogP contribution in [0.3, 0.4) is 0 Å². The molecule has 0 fully saturated rings. The lowest BCUT2D eigenvalue weighted by Crippen LogP contribution is -2.24. The molecule has 0 aliphatic carbocycles. The highest BCUT2D eigenvalue weighted by Gasteiger charge is 2.02. The molecule has 1 heterocycles. The van der Waals surface area contributed by atoms with Gasteiger partial charge in [-0.3, -0.25) is 0 Å². The highest BCUT2D eigenvalue weighted by atomic mass is 32.1. The molecule has 0 bridgehead atoms. The van der Waals surface area contributed by atoms with Crippen LogP contribution in [0.15, 0.2) is 5.38 Å². The Morgan fingerprint density at radius 2 is 2.43 bits per heavy atom. The van der Waals surface area contributed by atoms with Gasteiger partial charge < -0.3 is 10.1 Å². The molecule has 0 saturated heterocycles. The molecule has 14 heavy (non-hydrogen) atoms. The Morgan fingerprint density at radius 3 is 3.07 bits per heavy atom. The number of nitrogens with one attached hydrogen (secondary N) is 1. The van der Waals surface area contributed by atoms with E-state index in [1.807, 2.05) is 0 Å². The lowest BCUT2D eigenvalue weighted by atomic mass is 10.2. The Kier molecular flexibility index (Phi) is 5.07. The molecule has 1 unspecified atom stereocenters. The van der Waals surface area contributed by atoms with Crippen LogP contribution in [0.5, 0.6) is 0 Å². The zero-order valence-corrected chi connectivity index (χ0v) is 9.86. The fourth-order valence-corrected chi connectivity index (χ4v) is 1.81. The van der Waals surface area contributed by atoms with Gasteiger partial charge in [-0.05, 0) is 13.3 Å². The van der Waals surface area contributed by atoms with Crippen molar-refractivity contribution in [1.82, 2.24) is 10.3 Å². The molecule has 0 aliphatic rings. The Labute approximate surface area is 89.5 Å². The minimum absolute atomic E-state index is 0.558. The monoisotopic (exact) mass is 214 g/mol. The smallest absolute Gasteiger partial charge is 0.119 e. The van der Waals surface area contributed by atoms with Crippen LogP contribution in [0.1, 0.15) is 31.0 Å². The largest absolute Gasteiger partial charge is 0.378 e. The Bertz CT molecular complexity index is 262. The summed E-state index contributed by atoms with van der Waals surface area (Å²) in [6, 6.07) is 0.558. The van der Waals surface area contributed by atoms with Gasteiger partial charge in [0.25, 0.3) is 0 Å². The predicted molar refractivity (Wildman–Crippen MR) is 59.4 cm³/mol. The summed E-state index contributed by atoms with van der Waals surface area (Å²) in [5.41, 5.74) is 1.11. The maximum Gasteiger partial charge on any atom is 0.119 e. The van der Waals surface area contributed by atoms with E-state index in [4.69, 9.17) is 4.74 Å². The molecule has 1 atom stereocenters. The number of hydrogen-bond acceptors (Lipinski definition) is 4. The van der Waals surface area contributed by atoms with Gasteiger partial charge in [0.05, 0.1) is 12.3 Å². The first-order chi connectivity index (χ1) is 6.76. The van der Waals surface area contributed by atoms with Crippen molar-refractivity contribution in [3.8, 4) is 0 Å². The summed E-state index contributed by atoms with van der Waals surface area (Å²) in [4.78, 5) is 4.44. The van der Waals surface area contributed by atoms with Crippen molar-refractivity contribution in [2.75, 3.05) is 7.11 Å². The first-order valence-electron chi connectivity index (χ1n) is 4.91. The standard InChI is InChI=1S/C10H18N2OS/c1-4-8(2)11-5-9-7-14-10(12-9)6-13-3/h7-8,11H,4-6H2,1-3H3. The quantitative estimate of drug-likeness (QED) is 0.788. The lowest BCUT2D eigenvalue weighted by Gasteiger charge is -2.08. The molecule has 4 heteroatoms. The van der Waals surface area contributed by atoms with Gasteiger partial charge in [-0.25, -0.2) is 4.98 Å². The fourth-order valence-electron chi connectivity index (χ4n) is 1.04. The molecule has 0 aliphatic heterocycles. The summed E-state index contributed by atoms with van der Waals surface area (Å²) in [6.07, 6.45) is 1.15. The summed E-state index contributed by atoms with van der Waals surface area (Å²) in [7, 11) is 1.69. The van der Waals surface area contributed by atoms with E-state index in [-0.39, 0.29) is 0 Å². The molecule has 0 spiro atoms. The van der Waals surface area contributed by atoms with Crippen molar-refractivity contribution >= 4 is 11.3 Å². The number of nitrogens with zero attached hydrogens (tertiary/aromatic N) is 1. The minimum Gasteiger partial charge on any atom is -0.378 e. The maximum absolute atomic E-state index is 5.02. The predicted octanol–water partition coefficient (Wildman–Crippen LogP) is 2.18. The molecule has 1 aromatic heterocycles. The van der Waals surface area contributed by atoms with Gasteiger partial charge in [-0.2, -0.15) is 0 Å². The normalized spacial score (nSPS) is 13.1. The van der Waals surface area contributed by atoms with Crippen molar-refractivity contribution in [2.24, 2.45) is 0 Å². The van der Waals surface area contributed by atoms with Gasteiger partial charge >= 0.3 is 0 Å². The van der Waals surface area contributed by atoms with Gasteiger partial charge in [0, 0.05) is 25.1 Å². The van der Waals surface area contributed by atoms with Crippen molar-refractivity contribution < 1.29 is 4.74 Å². The number of hydrogen-bond donors (Lipinski definition) is 1. The van der Waals surface area contributed by atoms with E-state index in [1.165, 1.54) is 0 Å². The van der Waals surface area contributed by atoms with Crippen molar-refractivity contribution in [3.05, 3.63) is 16.1 Å². The van der Waals surface area contributed by atoms with Crippen LogP contribution in [0.25, 0.3) is 0 Å². The van der Waals surface area contributed by atoms with Crippen LogP contribution in [0.2, 0.25) is 0 Å². The number of ether oxygens (including phenoxy) is 1. The molecule has 0 amide bonds. The number of aromatic nitrogens is 1. The highest BCUT2D eigenvalue weighted by molar-refractivity contribution is 7.09. The number of methoxy groups -OCH3 is 1. The molecule has 80 valence electrons.